The minimum Gasteiger partial charge on any atom is -0.462 e. The number of aliphatic hydroxyl groups excluding tert-OH is 1. The SMILES string of the molecule is CC/C=C\C/C=C\C/C=C\C/C=C\C/C=C\CCCCCC(=O)OCC(COP(=O)(O)OCC(O)COP(=O)(O)OCC(COC(=O)CCCCCC/C=C\C/C=C\C/C=C\C/C=C\CC)OC(=O)CCCCCCC/C=C\CCCC)OC(=O)CCCC/C=C\C/C=C\C/C=C\C/C=C\CC. The van der Waals surface area contributed by atoms with Crippen molar-refractivity contribution >= 4 is 39.5 Å². The molecule has 0 aliphatic rings. The second-order valence-electron chi connectivity index (χ2n) is 24.8. The molecule has 578 valence electrons. The summed E-state index contributed by atoms with van der Waals surface area (Å²) in [6.45, 7) is 4.33. The first kappa shape index (κ1) is 96.4. The summed E-state index contributed by atoms with van der Waals surface area (Å²) in [5.74, 6) is -2.31. The lowest BCUT2D eigenvalue weighted by Gasteiger charge is -2.21. The van der Waals surface area contributed by atoms with Gasteiger partial charge in [-0.15, -0.1) is 0 Å². The molecule has 19 heteroatoms. The van der Waals surface area contributed by atoms with Crippen LogP contribution in [0.2, 0.25) is 0 Å². The predicted octanol–water partition coefficient (Wildman–Crippen LogP) is 22.2. The zero-order valence-electron chi connectivity index (χ0n) is 63.0. The van der Waals surface area contributed by atoms with Crippen molar-refractivity contribution in [3.63, 3.8) is 0 Å². The molecule has 17 nitrogen and oxygen atoms in total. The fourth-order valence-corrected chi connectivity index (χ4v) is 11.0. The molecule has 0 saturated carbocycles. The molecule has 0 bridgehead atoms. The topological polar surface area (TPSA) is 237 Å². The molecule has 5 atom stereocenters. The van der Waals surface area contributed by atoms with Gasteiger partial charge in [-0.05, 0) is 167 Å². The molecule has 0 aromatic carbocycles. The number of carbonyl (C=O) groups is 4. The first-order valence-electron chi connectivity index (χ1n) is 38.4. The Balaban J connectivity index is 5.43. The van der Waals surface area contributed by atoms with Crippen molar-refractivity contribution in [3.8, 4) is 0 Å². The van der Waals surface area contributed by atoms with Gasteiger partial charge >= 0.3 is 39.5 Å². The van der Waals surface area contributed by atoms with E-state index in [4.69, 9.17) is 37.0 Å². The Hall–Kier alpha value is -5.58. The standard InChI is InChI=1S/C83H134O17P2/c1-5-9-13-17-21-25-29-32-35-37-38-40-43-45-49-52-56-60-64-68-81(86)94-74-79(100-83(88)70-66-62-58-54-50-46-41-34-31-27-23-19-15-11-7-3)76-98-102(91,92)96-72-77(84)71-95-101(89,90)97-75-78(99-82(87)69-65-61-57-53-47-28-24-20-16-12-8-4)73-93-80(85)67-63-59-55-51-48-44-42-39-36-33-30-26-22-18-14-10-6-2/h9-11,13-15,20-27,32-36,38,40-42,44-45,49-50,54,77-79,84H,5-8,12,16-19,28-31,37,39,43,46-48,51-53,55-76H2,1-4H3,(H,89,90)(H,91,92)/b13-9-,14-10-,15-11-,24-20-,25-21-,26-22-,27-23-,35-32-,36-33-,40-38-,41-34-,44-42-,49-45-,54-50-. The molecular weight excluding hydrogens is 1330 g/mol. The highest BCUT2D eigenvalue weighted by molar-refractivity contribution is 7.47. The summed E-state index contributed by atoms with van der Waals surface area (Å²) in [7, 11) is -10.00. The van der Waals surface area contributed by atoms with Crippen LogP contribution in [0, 0.1) is 0 Å². The molecule has 0 aliphatic carbocycles. The van der Waals surface area contributed by atoms with Gasteiger partial charge in [0.05, 0.1) is 26.4 Å². The van der Waals surface area contributed by atoms with Crippen LogP contribution in [0.1, 0.15) is 272 Å². The smallest absolute Gasteiger partial charge is 0.462 e. The highest BCUT2D eigenvalue weighted by Crippen LogP contribution is 2.45. The van der Waals surface area contributed by atoms with Crippen LogP contribution in [0.4, 0.5) is 0 Å². The summed E-state index contributed by atoms with van der Waals surface area (Å²) in [4.78, 5) is 72.9. The highest BCUT2D eigenvalue weighted by Gasteiger charge is 2.30. The lowest BCUT2D eigenvalue weighted by Crippen LogP contribution is -2.30. The zero-order chi connectivity index (χ0) is 74.6. The van der Waals surface area contributed by atoms with Gasteiger partial charge in [-0.3, -0.25) is 37.3 Å². The number of ether oxygens (including phenoxy) is 4. The highest BCUT2D eigenvalue weighted by atomic mass is 31.2. The van der Waals surface area contributed by atoms with Crippen LogP contribution in [0.25, 0.3) is 0 Å². The molecule has 0 rings (SSSR count). The maximum Gasteiger partial charge on any atom is 0.472 e. The Morgan fingerprint density at radius 1 is 0.284 bits per heavy atom. The van der Waals surface area contributed by atoms with Crippen molar-refractivity contribution < 1.29 is 80.2 Å². The first-order chi connectivity index (χ1) is 49.7. The minimum absolute atomic E-state index is 0.0281. The van der Waals surface area contributed by atoms with Crippen molar-refractivity contribution in [2.24, 2.45) is 0 Å². The zero-order valence-corrected chi connectivity index (χ0v) is 64.8. The van der Waals surface area contributed by atoms with Gasteiger partial charge in [-0.25, -0.2) is 9.13 Å². The lowest BCUT2D eigenvalue weighted by molar-refractivity contribution is -0.161. The van der Waals surface area contributed by atoms with Crippen LogP contribution in [0.5, 0.6) is 0 Å². The van der Waals surface area contributed by atoms with E-state index in [2.05, 4.69) is 198 Å². The molecule has 3 N–H and O–H groups in total. The predicted molar refractivity (Wildman–Crippen MR) is 417 cm³/mol. The third-order valence-corrected chi connectivity index (χ3v) is 17.1. The van der Waals surface area contributed by atoms with Gasteiger partial charge in [-0.1, -0.05) is 249 Å². The van der Waals surface area contributed by atoms with Gasteiger partial charge in [-0.2, -0.15) is 0 Å². The van der Waals surface area contributed by atoms with Gasteiger partial charge in [0.15, 0.2) is 12.2 Å². The van der Waals surface area contributed by atoms with E-state index in [0.717, 1.165) is 173 Å². The average molecular weight is 1470 g/mol. The fraction of sp³-hybridized carbons (Fsp3) is 0.614. The molecule has 0 aromatic heterocycles. The summed E-state index contributed by atoms with van der Waals surface area (Å²) in [5.41, 5.74) is 0. The fourth-order valence-electron chi connectivity index (χ4n) is 9.38. The number of phosphoric ester groups is 2. The van der Waals surface area contributed by atoms with E-state index in [9.17, 15) is 43.2 Å². The Morgan fingerprint density at radius 2 is 0.510 bits per heavy atom. The monoisotopic (exact) mass is 1460 g/mol. The number of allylic oxidation sites excluding steroid dienone is 28. The molecule has 5 unspecified atom stereocenters. The second-order valence-corrected chi connectivity index (χ2v) is 27.7. The van der Waals surface area contributed by atoms with E-state index in [-0.39, 0.29) is 25.7 Å². The van der Waals surface area contributed by atoms with E-state index in [1.54, 1.807) is 0 Å². The lowest BCUT2D eigenvalue weighted by atomic mass is 10.1. The molecule has 0 amide bonds. The van der Waals surface area contributed by atoms with E-state index >= 15 is 0 Å². The maximum atomic E-state index is 13.1. The van der Waals surface area contributed by atoms with E-state index in [1.807, 2.05) is 0 Å². The second kappa shape index (κ2) is 73.7. The van der Waals surface area contributed by atoms with Gasteiger partial charge in [0.2, 0.25) is 0 Å². The normalized spacial score (nSPS) is 14.9. The number of carbonyl (C=O) groups excluding carboxylic acids is 4. The summed E-state index contributed by atoms with van der Waals surface area (Å²) in [6.07, 6.45) is 86.4. The summed E-state index contributed by atoms with van der Waals surface area (Å²) < 4.78 is 68.4. The number of phosphoric acid groups is 2. The van der Waals surface area contributed by atoms with Crippen molar-refractivity contribution in [1.29, 1.82) is 0 Å². The largest absolute Gasteiger partial charge is 0.472 e. The third-order valence-electron chi connectivity index (χ3n) is 15.2. The maximum absolute atomic E-state index is 13.1. The Kier molecular flexibility index (Phi) is 69.7. The van der Waals surface area contributed by atoms with E-state index < -0.39 is 97.5 Å². The van der Waals surface area contributed by atoms with Crippen molar-refractivity contribution in [2.45, 2.75) is 290 Å². The molecule has 0 aliphatic heterocycles. The summed E-state index contributed by atoms with van der Waals surface area (Å²) in [6, 6.07) is 0. The van der Waals surface area contributed by atoms with Gasteiger partial charge in [0, 0.05) is 25.7 Å². The quantitative estimate of drug-likeness (QED) is 0.0169. The van der Waals surface area contributed by atoms with Gasteiger partial charge < -0.3 is 33.8 Å². The van der Waals surface area contributed by atoms with Gasteiger partial charge in [0.1, 0.15) is 19.3 Å². The number of unbranched alkanes of at least 4 members (excludes halogenated alkanes) is 16. The number of esters is 4. The van der Waals surface area contributed by atoms with Crippen LogP contribution in [-0.2, 0) is 65.4 Å². The molecule has 0 aromatic rings. The summed E-state index contributed by atoms with van der Waals surface area (Å²) >= 11 is 0. The van der Waals surface area contributed by atoms with Crippen molar-refractivity contribution in [2.75, 3.05) is 39.6 Å². The van der Waals surface area contributed by atoms with Crippen LogP contribution < -0.4 is 0 Å². The van der Waals surface area contributed by atoms with Gasteiger partial charge in [0.25, 0.3) is 0 Å². The van der Waals surface area contributed by atoms with Crippen molar-refractivity contribution in [3.05, 3.63) is 170 Å². The number of aliphatic hydroxyl groups is 1. The Bertz CT molecular complexity index is 2600. The molecule has 0 heterocycles. The molecule has 0 saturated heterocycles. The Morgan fingerprint density at radius 3 is 0.824 bits per heavy atom. The number of hydrogen-bond donors (Lipinski definition) is 3. The number of rotatable bonds is 70. The van der Waals surface area contributed by atoms with E-state index in [0.29, 0.717) is 32.1 Å². The molecule has 0 radical (unpaired) electrons. The van der Waals surface area contributed by atoms with E-state index in [1.165, 1.54) is 12.8 Å². The minimum atomic E-state index is -5.00. The van der Waals surface area contributed by atoms with Crippen LogP contribution >= 0.6 is 15.6 Å². The first-order valence-corrected chi connectivity index (χ1v) is 41.4. The molecular formula is C83H134O17P2. The van der Waals surface area contributed by atoms with Crippen LogP contribution in [0.3, 0.4) is 0 Å². The van der Waals surface area contributed by atoms with Crippen molar-refractivity contribution in [1.82, 2.24) is 0 Å². The number of hydrogen-bond acceptors (Lipinski definition) is 15. The van der Waals surface area contributed by atoms with Crippen LogP contribution in [-0.4, -0.2) is 96.7 Å². The molecule has 102 heavy (non-hydrogen) atoms. The molecule has 0 spiro atoms. The Labute approximate surface area is 616 Å². The average Bonchev–Trinajstić information content (AvgIpc) is 0.939. The summed E-state index contributed by atoms with van der Waals surface area (Å²) in [5, 5.41) is 10.6. The van der Waals surface area contributed by atoms with Crippen LogP contribution in [0.15, 0.2) is 170 Å². The molecule has 0 fully saturated rings. The third kappa shape index (κ3) is 72.8.